The van der Waals surface area contributed by atoms with Gasteiger partial charge in [0, 0.05) is 13.1 Å². The second-order valence-electron chi connectivity index (χ2n) is 7.11. The molecule has 122 valence electrons. The van der Waals surface area contributed by atoms with Crippen LogP contribution in [0.5, 0.6) is 0 Å². The quantitative estimate of drug-likeness (QED) is 0.851. The summed E-state index contributed by atoms with van der Waals surface area (Å²) in [5.41, 5.74) is -0.422. The number of nitrogens with zero attached hydrogens (tertiary/aromatic N) is 1. The smallest absolute Gasteiger partial charge is 0.410 e. The number of ether oxygens (including phenoxy) is 2. The van der Waals surface area contributed by atoms with Crippen molar-refractivity contribution in [3.8, 4) is 0 Å². The molecule has 0 spiro atoms. The van der Waals surface area contributed by atoms with Crippen molar-refractivity contribution in [3.63, 3.8) is 0 Å². The summed E-state index contributed by atoms with van der Waals surface area (Å²) in [7, 11) is 0. The van der Waals surface area contributed by atoms with Gasteiger partial charge in [-0.15, -0.1) is 0 Å². The minimum atomic E-state index is -0.422. The Kier molecular flexibility index (Phi) is 5.88. The maximum absolute atomic E-state index is 12.1. The number of hydrogen-bond donors (Lipinski definition) is 1. The Morgan fingerprint density at radius 3 is 2.38 bits per heavy atom. The third-order valence-corrected chi connectivity index (χ3v) is 4.00. The first-order valence-electron chi connectivity index (χ1n) is 8.28. The van der Waals surface area contributed by atoms with E-state index in [9.17, 15) is 4.79 Å². The molecule has 5 nitrogen and oxygen atoms in total. The predicted molar refractivity (Wildman–Crippen MR) is 82.4 cm³/mol. The second-order valence-corrected chi connectivity index (χ2v) is 7.11. The number of amides is 1. The van der Waals surface area contributed by atoms with Crippen LogP contribution in [-0.2, 0) is 9.47 Å². The van der Waals surface area contributed by atoms with E-state index in [1.54, 1.807) is 0 Å². The highest BCUT2D eigenvalue weighted by Gasteiger charge is 2.27. The van der Waals surface area contributed by atoms with Gasteiger partial charge in [-0.05, 0) is 66.0 Å². The summed E-state index contributed by atoms with van der Waals surface area (Å²) in [6, 6.07) is 0. The highest BCUT2D eigenvalue weighted by molar-refractivity contribution is 5.68. The van der Waals surface area contributed by atoms with E-state index in [0.29, 0.717) is 12.2 Å². The summed E-state index contributed by atoms with van der Waals surface area (Å²) in [5.74, 6) is 0. The van der Waals surface area contributed by atoms with Gasteiger partial charge >= 0.3 is 6.09 Å². The van der Waals surface area contributed by atoms with Gasteiger partial charge in [0.25, 0.3) is 0 Å². The van der Waals surface area contributed by atoms with Crippen molar-refractivity contribution >= 4 is 6.09 Å². The first kappa shape index (κ1) is 16.6. The molecule has 1 atom stereocenters. The van der Waals surface area contributed by atoms with Crippen LogP contribution in [0.25, 0.3) is 0 Å². The van der Waals surface area contributed by atoms with Gasteiger partial charge in [-0.1, -0.05) is 0 Å². The van der Waals surface area contributed by atoms with Crippen LogP contribution in [0.15, 0.2) is 0 Å². The van der Waals surface area contributed by atoms with Gasteiger partial charge in [0.15, 0.2) is 0 Å². The molecule has 1 amide bonds. The fraction of sp³-hybridized carbons (Fsp3) is 0.938. The summed E-state index contributed by atoms with van der Waals surface area (Å²) < 4.78 is 11.7. The van der Waals surface area contributed by atoms with Gasteiger partial charge in [0.2, 0.25) is 0 Å². The van der Waals surface area contributed by atoms with Crippen molar-refractivity contribution in [1.82, 2.24) is 10.2 Å². The lowest BCUT2D eigenvalue weighted by atomic mass is 10.1. The van der Waals surface area contributed by atoms with E-state index in [1.807, 2.05) is 25.7 Å². The summed E-state index contributed by atoms with van der Waals surface area (Å²) in [5, 5.41) is 3.36. The van der Waals surface area contributed by atoms with Crippen LogP contribution in [0.3, 0.4) is 0 Å². The van der Waals surface area contributed by atoms with Gasteiger partial charge < -0.3 is 19.7 Å². The lowest BCUT2D eigenvalue weighted by molar-refractivity contribution is -0.0325. The van der Waals surface area contributed by atoms with E-state index in [4.69, 9.17) is 9.47 Å². The Morgan fingerprint density at radius 1 is 1.05 bits per heavy atom. The first-order chi connectivity index (χ1) is 9.94. The first-order valence-corrected chi connectivity index (χ1v) is 8.28. The van der Waals surface area contributed by atoms with Crippen molar-refractivity contribution < 1.29 is 14.3 Å². The lowest BCUT2D eigenvalue weighted by Crippen LogP contribution is -2.38. The van der Waals surface area contributed by atoms with Crippen LogP contribution in [0.2, 0.25) is 0 Å². The number of carbonyl (C=O) groups excluding carboxylic acids is 1. The van der Waals surface area contributed by atoms with Crippen molar-refractivity contribution in [1.29, 1.82) is 0 Å². The Hall–Kier alpha value is -0.810. The molecule has 0 bridgehead atoms. The normalized spacial score (nSPS) is 25.5. The molecule has 21 heavy (non-hydrogen) atoms. The summed E-state index contributed by atoms with van der Waals surface area (Å²) in [4.78, 5) is 13.9. The highest BCUT2D eigenvalue weighted by atomic mass is 16.6. The van der Waals surface area contributed by atoms with Gasteiger partial charge in [-0.3, -0.25) is 0 Å². The number of likely N-dealkylation sites (tertiary alicyclic amines) is 1. The van der Waals surface area contributed by atoms with E-state index >= 15 is 0 Å². The Balaban J connectivity index is 1.77. The van der Waals surface area contributed by atoms with Crippen LogP contribution >= 0.6 is 0 Å². The average Bonchev–Trinajstić information content (AvgIpc) is 2.64. The zero-order chi connectivity index (χ0) is 15.3. The topological polar surface area (TPSA) is 50.8 Å². The maximum Gasteiger partial charge on any atom is 0.410 e. The fourth-order valence-electron chi connectivity index (χ4n) is 2.91. The van der Waals surface area contributed by atoms with Crippen molar-refractivity contribution in [2.24, 2.45) is 0 Å². The minimum absolute atomic E-state index is 0.190. The molecule has 0 aromatic carbocycles. The molecule has 5 heteroatoms. The van der Waals surface area contributed by atoms with Crippen molar-refractivity contribution in [2.75, 3.05) is 26.2 Å². The summed E-state index contributed by atoms with van der Waals surface area (Å²) >= 11 is 0. The van der Waals surface area contributed by atoms with Crippen LogP contribution in [0.1, 0.15) is 52.9 Å². The van der Waals surface area contributed by atoms with Gasteiger partial charge in [-0.25, -0.2) is 4.79 Å². The zero-order valence-corrected chi connectivity index (χ0v) is 13.7. The van der Waals surface area contributed by atoms with E-state index in [0.717, 1.165) is 58.3 Å². The van der Waals surface area contributed by atoms with Gasteiger partial charge in [-0.2, -0.15) is 0 Å². The molecular weight excluding hydrogens is 268 g/mol. The lowest BCUT2D eigenvalue weighted by Gasteiger charge is -2.28. The third kappa shape index (κ3) is 5.83. The molecule has 0 aliphatic carbocycles. The highest BCUT2D eigenvalue weighted by Crippen LogP contribution is 2.20. The fourth-order valence-corrected chi connectivity index (χ4v) is 2.91. The molecule has 0 radical (unpaired) electrons. The summed E-state index contributed by atoms with van der Waals surface area (Å²) in [6.45, 7) is 9.36. The number of piperidine rings is 1. The van der Waals surface area contributed by atoms with E-state index in [-0.39, 0.29) is 6.09 Å². The Morgan fingerprint density at radius 2 is 1.71 bits per heavy atom. The minimum Gasteiger partial charge on any atom is -0.444 e. The molecule has 0 saturated carbocycles. The largest absolute Gasteiger partial charge is 0.444 e. The predicted octanol–water partition coefficient (Wildman–Crippen LogP) is 2.54. The van der Waals surface area contributed by atoms with E-state index < -0.39 is 5.60 Å². The third-order valence-electron chi connectivity index (χ3n) is 4.00. The number of nitrogens with one attached hydrogen (secondary N) is 1. The van der Waals surface area contributed by atoms with Crippen LogP contribution in [0, 0.1) is 0 Å². The van der Waals surface area contributed by atoms with Gasteiger partial charge in [0.05, 0.1) is 12.2 Å². The van der Waals surface area contributed by atoms with E-state index in [1.165, 1.54) is 0 Å². The van der Waals surface area contributed by atoms with Crippen LogP contribution < -0.4 is 5.32 Å². The molecule has 2 fully saturated rings. The Bertz CT molecular complexity index is 335. The molecule has 2 rings (SSSR count). The molecule has 0 aromatic rings. The van der Waals surface area contributed by atoms with Crippen LogP contribution in [-0.4, -0.2) is 55.0 Å². The monoisotopic (exact) mass is 298 g/mol. The van der Waals surface area contributed by atoms with Crippen molar-refractivity contribution in [2.45, 2.75) is 70.7 Å². The zero-order valence-electron chi connectivity index (χ0n) is 13.7. The van der Waals surface area contributed by atoms with Crippen LogP contribution in [0.4, 0.5) is 4.79 Å². The number of hydrogen-bond acceptors (Lipinski definition) is 4. The van der Waals surface area contributed by atoms with Gasteiger partial charge in [0.1, 0.15) is 5.60 Å². The standard InChI is InChI=1S/C16H30N2O3/c1-16(2,3)21-15(19)18-11-4-5-13(8-12-18)20-14-6-9-17-10-7-14/h13-14,17H,4-12H2,1-3H3. The Labute approximate surface area is 128 Å². The summed E-state index contributed by atoms with van der Waals surface area (Å²) in [6.07, 6.45) is 5.66. The average molecular weight is 298 g/mol. The van der Waals surface area contributed by atoms with E-state index in [2.05, 4.69) is 5.32 Å². The molecule has 2 aliphatic heterocycles. The SMILES string of the molecule is CC(C)(C)OC(=O)N1CCCC(OC2CCNCC2)CC1. The molecule has 2 heterocycles. The van der Waals surface area contributed by atoms with Crippen molar-refractivity contribution in [3.05, 3.63) is 0 Å². The maximum atomic E-state index is 12.1. The molecule has 2 saturated heterocycles. The number of rotatable bonds is 2. The molecule has 1 N–H and O–H groups in total. The molecular formula is C16H30N2O3. The second kappa shape index (κ2) is 7.45. The molecule has 0 aromatic heterocycles. The molecule has 2 aliphatic rings. The number of carbonyl (C=O) groups is 1. The molecule has 1 unspecified atom stereocenters.